The van der Waals surface area contributed by atoms with Crippen LogP contribution in [0.15, 0.2) is 36.7 Å². The average Bonchev–Trinajstić information content (AvgIpc) is 2.15. The van der Waals surface area contributed by atoms with Crippen molar-refractivity contribution in [3.63, 3.8) is 0 Å². The van der Waals surface area contributed by atoms with Gasteiger partial charge in [-0.15, -0.1) is 0 Å². The summed E-state index contributed by atoms with van der Waals surface area (Å²) in [6.45, 7) is 13.8. The monoisotopic (exact) mass is 241 g/mol. The van der Waals surface area contributed by atoms with E-state index in [0.717, 1.165) is 11.4 Å². The molecule has 0 aromatic heterocycles. The smallest absolute Gasteiger partial charge is 0.252 e. The van der Waals surface area contributed by atoms with Gasteiger partial charge in [-0.05, 0) is 18.9 Å². The second-order valence-corrected chi connectivity index (χ2v) is 4.93. The summed E-state index contributed by atoms with van der Waals surface area (Å²) < 4.78 is 25.9. The van der Waals surface area contributed by atoms with Gasteiger partial charge in [-0.1, -0.05) is 33.1 Å². The van der Waals surface area contributed by atoms with Crippen LogP contribution in [0.5, 0.6) is 0 Å². The van der Waals surface area contributed by atoms with E-state index in [1.54, 1.807) is 0 Å². The van der Waals surface area contributed by atoms with Gasteiger partial charge in [0.15, 0.2) is 0 Å². The van der Waals surface area contributed by atoms with E-state index >= 15 is 0 Å². The van der Waals surface area contributed by atoms with Crippen molar-refractivity contribution >= 4 is 0 Å². The van der Waals surface area contributed by atoms with Crippen LogP contribution in [-0.4, -0.2) is 16.9 Å². The van der Waals surface area contributed by atoms with Crippen molar-refractivity contribution in [3.05, 3.63) is 36.7 Å². The van der Waals surface area contributed by atoms with Crippen LogP contribution in [0.2, 0.25) is 0 Å². The largest absolute Gasteiger partial charge is 0.342 e. The Bertz CT molecular complexity index is 334. The lowest BCUT2D eigenvalue weighted by atomic mass is 9.85. The number of alkyl halides is 2. The Kier molecular flexibility index (Phi) is 4.12. The first-order valence-corrected chi connectivity index (χ1v) is 5.96. The molecule has 1 aliphatic carbocycles. The molecule has 1 aliphatic rings. The predicted molar refractivity (Wildman–Crippen MR) is 67.7 cm³/mol. The fraction of sp³-hybridized carbons (Fsp3) is 0.571. The molecule has 1 fully saturated rings. The molecule has 0 amide bonds. The highest BCUT2D eigenvalue weighted by atomic mass is 19.3. The summed E-state index contributed by atoms with van der Waals surface area (Å²) in [7, 11) is 0. The molecule has 0 heterocycles. The highest BCUT2D eigenvalue weighted by Gasteiger charge is 2.48. The molecule has 1 nitrogen and oxygen atoms in total. The maximum Gasteiger partial charge on any atom is 0.252 e. The number of halogens is 2. The minimum absolute atomic E-state index is 0.102. The third-order valence-corrected chi connectivity index (χ3v) is 3.08. The molecular weight excluding hydrogens is 220 g/mol. The molecule has 96 valence electrons. The molecule has 0 aromatic rings. The van der Waals surface area contributed by atoms with Gasteiger partial charge in [0.2, 0.25) is 0 Å². The van der Waals surface area contributed by atoms with E-state index in [4.69, 9.17) is 0 Å². The molecule has 0 N–H and O–H groups in total. The number of nitrogens with zero attached hydrogens (tertiary/aromatic N) is 1. The zero-order valence-electron chi connectivity index (χ0n) is 10.8. The van der Waals surface area contributed by atoms with Crippen LogP contribution < -0.4 is 0 Å². The SMILES string of the molecule is C=C(/C=C\C)N(C(=C)C(C)C)C1CC(F)(F)C1. The lowest BCUT2D eigenvalue weighted by molar-refractivity contribution is -0.113. The van der Waals surface area contributed by atoms with Crippen LogP contribution in [0.4, 0.5) is 8.78 Å². The number of hydrogen-bond donors (Lipinski definition) is 0. The van der Waals surface area contributed by atoms with Crippen LogP contribution in [0, 0.1) is 5.92 Å². The van der Waals surface area contributed by atoms with Crippen molar-refractivity contribution < 1.29 is 8.78 Å². The molecule has 0 bridgehead atoms. The van der Waals surface area contributed by atoms with Crippen molar-refractivity contribution in [3.8, 4) is 0 Å². The van der Waals surface area contributed by atoms with Crippen LogP contribution >= 0.6 is 0 Å². The first-order valence-electron chi connectivity index (χ1n) is 5.96. The summed E-state index contributed by atoms with van der Waals surface area (Å²) in [4.78, 5) is 1.86. The van der Waals surface area contributed by atoms with Crippen LogP contribution in [0.3, 0.4) is 0 Å². The highest BCUT2D eigenvalue weighted by Crippen LogP contribution is 2.43. The van der Waals surface area contributed by atoms with E-state index in [1.807, 2.05) is 37.8 Å². The minimum Gasteiger partial charge on any atom is -0.342 e. The minimum atomic E-state index is -2.52. The summed E-state index contributed by atoms with van der Waals surface area (Å²) >= 11 is 0. The van der Waals surface area contributed by atoms with Gasteiger partial charge < -0.3 is 4.90 Å². The number of rotatable bonds is 5. The zero-order valence-corrected chi connectivity index (χ0v) is 10.8. The Morgan fingerprint density at radius 3 is 2.24 bits per heavy atom. The second kappa shape index (κ2) is 5.03. The molecule has 0 radical (unpaired) electrons. The van der Waals surface area contributed by atoms with Gasteiger partial charge in [-0.2, -0.15) is 0 Å². The first-order chi connectivity index (χ1) is 7.78. The molecule has 1 rings (SSSR count). The van der Waals surface area contributed by atoms with Gasteiger partial charge in [0.25, 0.3) is 5.92 Å². The van der Waals surface area contributed by atoms with E-state index in [0.29, 0.717) is 0 Å². The maximum absolute atomic E-state index is 13.0. The average molecular weight is 241 g/mol. The second-order valence-electron chi connectivity index (χ2n) is 4.93. The van der Waals surface area contributed by atoms with Gasteiger partial charge in [0.1, 0.15) is 0 Å². The van der Waals surface area contributed by atoms with Crippen molar-refractivity contribution in [1.82, 2.24) is 4.90 Å². The Labute approximate surface area is 102 Å². The van der Waals surface area contributed by atoms with Crippen LogP contribution in [0.1, 0.15) is 33.6 Å². The standard InChI is InChI=1S/C14H21F2N/c1-6-7-11(4)17(12(5)10(2)3)13-8-14(15,16)9-13/h6-7,10,13H,4-5,8-9H2,1-3H3/b7-6-. The van der Waals surface area contributed by atoms with Gasteiger partial charge in [-0.25, -0.2) is 8.78 Å². The summed E-state index contributed by atoms with van der Waals surface area (Å²) in [6.07, 6.45) is 3.49. The summed E-state index contributed by atoms with van der Waals surface area (Å²) in [5.74, 6) is -2.29. The molecule has 0 spiro atoms. The fourth-order valence-electron chi connectivity index (χ4n) is 2.02. The Hall–Kier alpha value is -1.12. The number of allylic oxidation sites excluding steroid dienone is 3. The van der Waals surface area contributed by atoms with Crippen molar-refractivity contribution in [1.29, 1.82) is 0 Å². The maximum atomic E-state index is 13.0. The summed E-state index contributed by atoms with van der Waals surface area (Å²) in [5, 5.41) is 0. The van der Waals surface area contributed by atoms with Crippen molar-refractivity contribution in [2.75, 3.05) is 0 Å². The molecule has 1 saturated carbocycles. The lowest BCUT2D eigenvalue weighted by Gasteiger charge is -2.45. The van der Waals surface area contributed by atoms with E-state index in [-0.39, 0.29) is 24.8 Å². The molecule has 0 aliphatic heterocycles. The molecule has 17 heavy (non-hydrogen) atoms. The third-order valence-electron chi connectivity index (χ3n) is 3.08. The Balaban J connectivity index is 2.81. The Morgan fingerprint density at radius 2 is 1.88 bits per heavy atom. The molecular formula is C14H21F2N. The summed E-state index contributed by atoms with van der Waals surface area (Å²) in [5.41, 5.74) is 1.60. The van der Waals surface area contributed by atoms with Crippen LogP contribution in [-0.2, 0) is 0 Å². The molecule has 0 unspecified atom stereocenters. The molecule has 0 atom stereocenters. The topological polar surface area (TPSA) is 3.24 Å². The van der Waals surface area contributed by atoms with Gasteiger partial charge in [-0.3, -0.25) is 0 Å². The zero-order chi connectivity index (χ0) is 13.2. The predicted octanol–water partition coefficient (Wildman–Crippen LogP) is 4.35. The summed E-state index contributed by atoms with van der Waals surface area (Å²) in [6, 6.07) is -0.163. The van der Waals surface area contributed by atoms with Gasteiger partial charge >= 0.3 is 0 Å². The van der Waals surface area contributed by atoms with E-state index < -0.39 is 5.92 Å². The fourth-order valence-corrected chi connectivity index (χ4v) is 2.02. The van der Waals surface area contributed by atoms with E-state index in [2.05, 4.69) is 13.2 Å². The quantitative estimate of drug-likeness (QED) is 0.647. The van der Waals surface area contributed by atoms with Crippen LogP contribution in [0.25, 0.3) is 0 Å². The third kappa shape index (κ3) is 3.18. The van der Waals surface area contributed by atoms with Gasteiger partial charge in [0, 0.05) is 30.3 Å². The van der Waals surface area contributed by atoms with Crippen molar-refractivity contribution in [2.24, 2.45) is 5.92 Å². The highest BCUT2D eigenvalue weighted by molar-refractivity contribution is 5.22. The van der Waals surface area contributed by atoms with E-state index in [1.165, 1.54) is 0 Å². The first kappa shape index (κ1) is 13.9. The number of hydrogen-bond acceptors (Lipinski definition) is 1. The lowest BCUT2D eigenvalue weighted by Crippen LogP contribution is -2.50. The molecule has 0 aromatic carbocycles. The molecule has 3 heteroatoms. The van der Waals surface area contributed by atoms with Gasteiger partial charge in [0.05, 0.1) is 0 Å². The van der Waals surface area contributed by atoms with E-state index in [9.17, 15) is 8.78 Å². The van der Waals surface area contributed by atoms with Crippen molar-refractivity contribution in [2.45, 2.75) is 45.6 Å². The Morgan fingerprint density at radius 1 is 1.35 bits per heavy atom. The molecule has 0 saturated heterocycles. The normalized spacial score (nSPS) is 19.4.